The van der Waals surface area contributed by atoms with Gasteiger partial charge in [0.05, 0.1) is 5.54 Å². The zero-order chi connectivity index (χ0) is 17.8. The number of halogens is 3. The molecule has 23 heavy (non-hydrogen) atoms. The molecule has 1 rings (SSSR count). The molecule has 0 aromatic heterocycles. The first-order valence-electron chi connectivity index (χ1n) is 6.92. The Hall–Kier alpha value is -2.31. The third-order valence-corrected chi connectivity index (χ3v) is 2.95. The van der Waals surface area contributed by atoms with Crippen molar-refractivity contribution >= 4 is 11.8 Å². The van der Waals surface area contributed by atoms with Crippen molar-refractivity contribution in [3.63, 3.8) is 0 Å². The molecule has 7 heteroatoms. The summed E-state index contributed by atoms with van der Waals surface area (Å²) in [7, 11) is 0. The maximum atomic E-state index is 13.0. The zero-order valence-electron chi connectivity index (χ0n) is 13.4. The van der Waals surface area contributed by atoms with E-state index in [1.54, 1.807) is 18.2 Å². The SMILES string of the molecule is CC=C(C(=O)N(NC(=O)c1ccccc1)C(C)(C)C)C(F)(F)F. The van der Waals surface area contributed by atoms with Gasteiger partial charge in [0, 0.05) is 5.56 Å². The monoisotopic (exact) mass is 328 g/mol. The van der Waals surface area contributed by atoms with Gasteiger partial charge < -0.3 is 0 Å². The van der Waals surface area contributed by atoms with Crippen LogP contribution < -0.4 is 5.43 Å². The second-order valence-electron chi connectivity index (χ2n) is 5.82. The van der Waals surface area contributed by atoms with Gasteiger partial charge in [-0.3, -0.25) is 15.0 Å². The molecule has 0 unspecified atom stereocenters. The van der Waals surface area contributed by atoms with Crippen LogP contribution in [0.1, 0.15) is 38.1 Å². The Labute approximate surface area is 132 Å². The largest absolute Gasteiger partial charge is 0.421 e. The van der Waals surface area contributed by atoms with E-state index in [1.165, 1.54) is 32.9 Å². The quantitative estimate of drug-likeness (QED) is 0.667. The van der Waals surface area contributed by atoms with E-state index in [-0.39, 0.29) is 5.56 Å². The van der Waals surface area contributed by atoms with Crippen LogP contribution in [-0.2, 0) is 4.79 Å². The molecular weight excluding hydrogens is 309 g/mol. The lowest BCUT2D eigenvalue weighted by Gasteiger charge is -2.36. The van der Waals surface area contributed by atoms with Crippen LogP contribution in [0.4, 0.5) is 13.2 Å². The van der Waals surface area contributed by atoms with Gasteiger partial charge in [-0.05, 0) is 39.8 Å². The molecule has 4 nitrogen and oxygen atoms in total. The highest BCUT2D eigenvalue weighted by Gasteiger charge is 2.43. The van der Waals surface area contributed by atoms with E-state index in [0.29, 0.717) is 11.1 Å². The lowest BCUT2D eigenvalue weighted by atomic mass is 10.1. The van der Waals surface area contributed by atoms with Gasteiger partial charge >= 0.3 is 6.18 Å². The van der Waals surface area contributed by atoms with Crippen LogP contribution in [0, 0.1) is 0 Å². The molecule has 0 fully saturated rings. The Morgan fingerprint density at radius 3 is 2.00 bits per heavy atom. The number of hydrogen-bond donors (Lipinski definition) is 1. The second-order valence-corrected chi connectivity index (χ2v) is 5.82. The Balaban J connectivity index is 3.12. The summed E-state index contributed by atoms with van der Waals surface area (Å²) in [6.07, 6.45) is -4.11. The fraction of sp³-hybridized carbons (Fsp3) is 0.375. The van der Waals surface area contributed by atoms with E-state index in [1.807, 2.05) is 0 Å². The molecule has 126 valence electrons. The molecule has 0 saturated heterocycles. The van der Waals surface area contributed by atoms with Crippen molar-refractivity contribution in [2.75, 3.05) is 0 Å². The van der Waals surface area contributed by atoms with Gasteiger partial charge in [0.2, 0.25) is 0 Å². The van der Waals surface area contributed by atoms with Gasteiger partial charge in [0.15, 0.2) is 0 Å². The standard InChI is InChI=1S/C16H19F3N2O2/c1-5-12(16(17,18)19)14(23)21(15(2,3)4)20-13(22)11-9-7-6-8-10-11/h5-10H,1-4H3,(H,20,22). The van der Waals surface area contributed by atoms with Gasteiger partial charge in [0.25, 0.3) is 11.8 Å². The maximum Gasteiger partial charge on any atom is 0.421 e. The molecule has 0 saturated carbocycles. The number of carbonyl (C=O) groups is 2. The predicted octanol–water partition coefficient (Wildman–Crippen LogP) is 3.47. The first kappa shape index (κ1) is 18.7. The molecule has 0 aliphatic carbocycles. The summed E-state index contributed by atoms with van der Waals surface area (Å²) in [4.78, 5) is 24.4. The van der Waals surface area contributed by atoms with Crippen molar-refractivity contribution in [2.45, 2.75) is 39.4 Å². The van der Waals surface area contributed by atoms with Gasteiger partial charge in [0.1, 0.15) is 5.57 Å². The first-order chi connectivity index (χ1) is 10.5. The normalized spacial score (nSPS) is 12.7. The Kier molecular flexibility index (Phi) is 5.58. The van der Waals surface area contributed by atoms with Crippen LogP contribution in [0.25, 0.3) is 0 Å². The van der Waals surface area contributed by atoms with E-state index < -0.39 is 29.1 Å². The number of allylic oxidation sites excluding steroid dienone is 1. The first-order valence-corrected chi connectivity index (χ1v) is 6.92. The third-order valence-electron chi connectivity index (χ3n) is 2.95. The van der Waals surface area contributed by atoms with E-state index >= 15 is 0 Å². The van der Waals surface area contributed by atoms with Crippen LogP contribution >= 0.6 is 0 Å². The lowest BCUT2D eigenvalue weighted by Crippen LogP contribution is -2.57. The molecule has 0 bridgehead atoms. The molecule has 1 aromatic carbocycles. The maximum absolute atomic E-state index is 13.0. The number of nitrogens with zero attached hydrogens (tertiary/aromatic N) is 1. The third kappa shape index (κ3) is 4.84. The van der Waals surface area contributed by atoms with Crippen LogP contribution in [-0.4, -0.2) is 28.5 Å². The van der Waals surface area contributed by atoms with E-state index in [4.69, 9.17) is 0 Å². The van der Waals surface area contributed by atoms with E-state index in [2.05, 4.69) is 5.43 Å². The number of alkyl halides is 3. The van der Waals surface area contributed by atoms with Crippen LogP contribution in [0.3, 0.4) is 0 Å². The Bertz CT molecular complexity index is 602. The average Bonchev–Trinajstić information content (AvgIpc) is 2.43. The van der Waals surface area contributed by atoms with Crippen LogP contribution in [0.15, 0.2) is 42.0 Å². The van der Waals surface area contributed by atoms with Gasteiger partial charge in [-0.15, -0.1) is 0 Å². The molecule has 0 aliphatic rings. The van der Waals surface area contributed by atoms with Crippen LogP contribution in [0.5, 0.6) is 0 Å². The summed E-state index contributed by atoms with van der Waals surface area (Å²) in [6.45, 7) is 5.71. The summed E-state index contributed by atoms with van der Waals surface area (Å²) < 4.78 is 38.9. The molecule has 2 amide bonds. The fourth-order valence-electron chi connectivity index (χ4n) is 1.81. The Morgan fingerprint density at radius 1 is 1.09 bits per heavy atom. The lowest BCUT2D eigenvalue weighted by molar-refractivity contribution is -0.146. The number of amides is 2. The summed E-state index contributed by atoms with van der Waals surface area (Å²) in [6, 6.07) is 7.93. The molecular formula is C16H19F3N2O2. The molecule has 1 aromatic rings. The number of rotatable bonds is 2. The highest BCUT2D eigenvalue weighted by molar-refractivity contribution is 5.99. The molecule has 0 aliphatic heterocycles. The van der Waals surface area contributed by atoms with Crippen molar-refractivity contribution < 1.29 is 22.8 Å². The van der Waals surface area contributed by atoms with Crippen molar-refractivity contribution in [1.82, 2.24) is 10.4 Å². The van der Waals surface area contributed by atoms with Gasteiger partial charge in [-0.1, -0.05) is 24.3 Å². The molecule has 0 atom stereocenters. The van der Waals surface area contributed by atoms with Crippen molar-refractivity contribution in [1.29, 1.82) is 0 Å². The minimum absolute atomic E-state index is 0.239. The summed E-state index contributed by atoms with van der Waals surface area (Å²) in [5.41, 5.74) is 0.130. The number of carbonyl (C=O) groups excluding carboxylic acids is 2. The zero-order valence-corrected chi connectivity index (χ0v) is 13.4. The summed E-state index contributed by atoms with van der Waals surface area (Å²) >= 11 is 0. The highest BCUT2D eigenvalue weighted by atomic mass is 19.4. The van der Waals surface area contributed by atoms with Crippen molar-refractivity contribution in [3.8, 4) is 0 Å². The second kappa shape index (κ2) is 6.85. The van der Waals surface area contributed by atoms with Crippen molar-refractivity contribution in [2.24, 2.45) is 0 Å². The molecule has 0 radical (unpaired) electrons. The minimum Gasteiger partial charge on any atom is -0.267 e. The van der Waals surface area contributed by atoms with E-state index in [9.17, 15) is 22.8 Å². The highest BCUT2D eigenvalue weighted by Crippen LogP contribution is 2.28. The summed E-state index contributed by atoms with van der Waals surface area (Å²) in [5, 5.41) is 0.700. The molecule has 0 spiro atoms. The van der Waals surface area contributed by atoms with Gasteiger partial charge in [-0.25, -0.2) is 5.01 Å². The smallest absolute Gasteiger partial charge is 0.267 e. The van der Waals surface area contributed by atoms with Crippen molar-refractivity contribution in [3.05, 3.63) is 47.5 Å². The van der Waals surface area contributed by atoms with E-state index in [0.717, 1.165) is 6.92 Å². The fourth-order valence-corrected chi connectivity index (χ4v) is 1.81. The predicted molar refractivity (Wildman–Crippen MR) is 80.3 cm³/mol. The number of hydrogen-bond acceptors (Lipinski definition) is 2. The summed E-state index contributed by atoms with van der Waals surface area (Å²) in [5.74, 6) is -1.97. The molecule has 1 N–H and O–H groups in total. The number of benzene rings is 1. The molecule has 0 heterocycles. The number of hydrazine groups is 1. The average molecular weight is 328 g/mol. The van der Waals surface area contributed by atoms with Crippen LogP contribution in [0.2, 0.25) is 0 Å². The number of nitrogens with one attached hydrogen (secondary N) is 1. The topological polar surface area (TPSA) is 49.4 Å². The van der Waals surface area contributed by atoms with Gasteiger partial charge in [-0.2, -0.15) is 13.2 Å². The Morgan fingerprint density at radius 2 is 1.61 bits per heavy atom. The minimum atomic E-state index is -4.80.